The van der Waals surface area contributed by atoms with Crippen LogP contribution in [0.15, 0.2) is 0 Å². The van der Waals surface area contributed by atoms with E-state index >= 15 is 0 Å². The van der Waals surface area contributed by atoms with Gasteiger partial charge in [-0.3, -0.25) is 9.59 Å². The number of hydrogen-bond acceptors (Lipinski definition) is 3. The number of carboxylic acid groups (broad SMARTS) is 1. The zero-order valence-electron chi connectivity index (χ0n) is 14.1. The number of carbonyl (C=O) groups is 2. The third-order valence-corrected chi connectivity index (χ3v) is 1.30. The van der Waals surface area contributed by atoms with E-state index in [1.807, 2.05) is 0 Å². The summed E-state index contributed by atoms with van der Waals surface area (Å²) in [5, 5.41) is 8.72. The molecule has 0 spiro atoms. The first-order valence-electron chi connectivity index (χ1n) is 6.95. The van der Waals surface area contributed by atoms with Crippen molar-refractivity contribution in [1.29, 1.82) is 0 Å². The van der Waals surface area contributed by atoms with Gasteiger partial charge in [0.1, 0.15) is 6.54 Å². The Kier molecular flexibility index (Phi) is 2.02. The molecule has 0 aliphatic carbocycles. The van der Waals surface area contributed by atoms with E-state index in [0.29, 0.717) is 0 Å². The van der Waals surface area contributed by atoms with Gasteiger partial charge in [-0.25, -0.2) is 0 Å². The van der Waals surface area contributed by atoms with E-state index in [9.17, 15) is 9.59 Å². The first-order valence-corrected chi connectivity index (χ1v) is 3.95. The van der Waals surface area contributed by atoms with Crippen LogP contribution in [0, 0.1) is 0 Å². The average molecular weight is 210 g/mol. The second-order valence-electron chi connectivity index (χ2n) is 3.20. The van der Waals surface area contributed by atoms with Crippen molar-refractivity contribution in [2.75, 3.05) is 27.5 Å². The van der Waals surface area contributed by atoms with Crippen molar-refractivity contribution in [3.05, 3.63) is 0 Å². The van der Waals surface area contributed by atoms with E-state index in [1.165, 1.54) is 0 Å². The second-order valence-corrected chi connectivity index (χ2v) is 3.20. The number of quaternary nitrogens is 1. The van der Waals surface area contributed by atoms with Crippen LogP contribution in [-0.4, -0.2) is 55.2 Å². The molecule has 0 aliphatic heterocycles. The summed E-state index contributed by atoms with van der Waals surface area (Å²) in [5.74, 6) is -2.13. The molecule has 1 atom stereocenters. The fourth-order valence-electron chi connectivity index (χ4n) is 0.980. The number of carboxylic acids is 1. The minimum absolute atomic E-state index is 0.654. The third kappa shape index (κ3) is 7.54. The lowest BCUT2D eigenvalue weighted by molar-refractivity contribution is -0.873. The molecule has 0 unspecified atom stereocenters. The van der Waals surface area contributed by atoms with Gasteiger partial charge >= 0.3 is 11.9 Å². The molecule has 0 radical (unpaired) electrons. The summed E-state index contributed by atoms with van der Waals surface area (Å²) in [6, 6.07) is 0. The smallest absolute Gasteiger partial charge is 0.307 e. The minimum atomic E-state index is -2.91. The lowest BCUT2D eigenvalue weighted by atomic mass is 10.2. The molecule has 0 saturated heterocycles. The maximum absolute atomic E-state index is 10.9. The van der Waals surface area contributed by atoms with Crippen LogP contribution in [0.25, 0.3) is 0 Å². The number of rotatable bonds is 5. The number of ether oxygens (including phenoxy) is 1. The normalized spacial score (nSPS) is 21.6. The fraction of sp³-hybridized carbons (Fsp3) is 0.778. The molecule has 5 heteroatoms. The van der Waals surface area contributed by atoms with Gasteiger partial charge in [0.2, 0.25) is 0 Å². The molecular weight excluding hydrogens is 186 g/mol. The summed E-state index contributed by atoms with van der Waals surface area (Å²) >= 11 is 0. The molecule has 5 nitrogen and oxygen atoms in total. The van der Waals surface area contributed by atoms with E-state index < -0.39 is 49.4 Å². The van der Waals surface area contributed by atoms with E-state index in [1.54, 1.807) is 0 Å². The standard InChI is InChI=1S/C9H17NO4/c1-7(11)14-8(5-9(12)13)6-10(2,3)4/h8H,5-6H2,1-4H3/p+1/t8-/m1/s1/i2D3,3D3. The van der Waals surface area contributed by atoms with Crippen molar-refractivity contribution in [3.8, 4) is 0 Å². The Labute approximate surface area is 92.3 Å². The van der Waals surface area contributed by atoms with E-state index in [4.69, 9.17) is 18.1 Å². The van der Waals surface area contributed by atoms with Crippen molar-refractivity contribution in [2.45, 2.75) is 19.4 Å². The van der Waals surface area contributed by atoms with E-state index in [0.717, 1.165) is 14.0 Å². The molecule has 82 valence electrons. The SMILES string of the molecule is [2H]C([2H])([2H])[N+](C)(C[C@@H](CC(=O)O)OC(C)=O)C([2H])([2H])[2H]. The predicted octanol–water partition coefficient (Wildman–Crippen LogP) is 0.0990. The van der Waals surface area contributed by atoms with Crippen molar-refractivity contribution in [2.24, 2.45) is 0 Å². The van der Waals surface area contributed by atoms with E-state index in [-0.39, 0.29) is 0 Å². The van der Waals surface area contributed by atoms with Crippen LogP contribution in [0.2, 0.25) is 0 Å². The monoisotopic (exact) mass is 210 g/mol. The molecule has 0 aromatic rings. The minimum Gasteiger partial charge on any atom is -0.481 e. The van der Waals surface area contributed by atoms with Crippen LogP contribution in [-0.2, 0) is 14.3 Å². The van der Waals surface area contributed by atoms with Gasteiger partial charge < -0.3 is 14.3 Å². The van der Waals surface area contributed by atoms with Gasteiger partial charge in [-0.1, -0.05) is 0 Å². The predicted molar refractivity (Wildman–Crippen MR) is 50.7 cm³/mol. The number of esters is 1. The Morgan fingerprint density at radius 3 is 2.50 bits per heavy atom. The highest BCUT2D eigenvalue weighted by atomic mass is 16.5. The lowest BCUT2D eigenvalue weighted by Gasteiger charge is -2.28. The molecule has 0 aromatic heterocycles. The van der Waals surface area contributed by atoms with Crippen LogP contribution in [0.3, 0.4) is 0 Å². The van der Waals surface area contributed by atoms with Gasteiger partial charge in [-0.15, -0.1) is 0 Å². The van der Waals surface area contributed by atoms with Gasteiger partial charge in [-0.05, 0) is 0 Å². The zero-order chi connectivity index (χ0) is 16.4. The first-order chi connectivity index (χ1) is 8.70. The van der Waals surface area contributed by atoms with Gasteiger partial charge in [0.15, 0.2) is 6.10 Å². The van der Waals surface area contributed by atoms with Gasteiger partial charge in [0.05, 0.1) is 35.6 Å². The number of nitrogens with zero attached hydrogens (tertiary/aromatic N) is 1. The topological polar surface area (TPSA) is 63.6 Å². The van der Waals surface area contributed by atoms with Crippen LogP contribution < -0.4 is 0 Å². The van der Waals surface area contributed by atoms with Crippen LogP contribution in [0.4, 0.5) is 0 Å². The molecule has 0 heterocycles. The molecule has 0 fully saturated rings. The van der Waals surface area contributed by atoms with Crippen LogP contribution in [0.1, 0.15) is 21.6 Å². The van der Waals surface area contributed by atoms with Crippen LogP contribution in [0.5, 0.6) is 0 Å². The number of hydrogen-bond donors (Lipinski definition) is 1. The van der Waals surface area contributed by atoms with Crippen molar-refractivity contribution in [1.82, 2.24) is 0 Å². The third-order valence-electron chi connectivity index (χ3n) is 1.30. The highest BCUT2D eigenvalue weighted by Crippen LogP contribution is 2.04. The van der Waals surface area contributed by atoms with Crippen molar-refractivity contribution in [3.63, 3.8) is 0 Å². The summed E-state index contributed by atoms with van der Waals surface area (Å²) in [6.45, 7) is -5.45. The highest BCUT2D eigenvalue weighted by Gasteiger charge is 2.23. The van der Waals surface area contributed by atoms with E-state index in [2.05, 4.69) is 0 Å². The lowest BCUT2D eigenvalue weighted by Crippen LogP contribution is -2.43. The maximum Gasteiger partial charge on any atom is 0.307 e. The average Bonchev–Trinajstić information content (AvgIpc) is 2.10. The highest BCUT2D eigenvalue weighted by molar-refractivity contribution is 5.69. The Morgan fingerprint density at radius 1 is 1.57 bits per heavy atom. The molecule has 0 bridgehead atoms. The molecule has 0 aliphatic rings. The number of likely N-dealkylation sites (N-methyl/N-ethyl adjacent to an activating group) is 1. The quantitative estimate of drug-likeness (QED) is 0.516. The van der Waals surface area contributed by atoms with Gasteiger partial charge in [0.25, 0.3) is 0 Å². The Bertz CT molecular complexity index is 348. The molecule has 1 N–H and O–H groups in total. The number of carbonyl (C=O) groups excluding carboxylic acids is 1. The molecule has 0 amide bonds. The molecular formula is C9H18NO4+. The summed E-state index contributed by atoms with van der Waals surface area (Å²) in [6.07, 6.45) is -2.00. The summed E-state index contributed by atoms with van der Waals surface area (Å²) in [4.78, 5) is 21.6. The molecule has 0 aromatic carbocycles. The first kappa shape index (κ1) is 5.70. The summed E-state index contributed by atoms with van der Waals surface area (Å²) in [5.41, 5.74) is 0. The Morgan fingerprint density at radius 2 is 2.14 bits per heavy atom. The molecule has 0 saturated carbocycles. The molecule has 0 rings (SSSR count). The van der Waals surface area contributed by atoms with Crippen molar-refractivity contribution >= 4 is 11.9 Å². The number of aliphatic carboxylic acids is 1. The van der Waals surface area contributed by atoms with Gasteiger partial charge in [0, 0.05) is 6.92 Å². The fourth-order valence-corrected chi connectivity index (χ4v) is 0.980. The molecule has 14 heavy (non-hydrogen) atoms. The summed E-state index contributed by atoms with van der Waals surface area (Å²) < 4.78 is 47.5. The van der Waals surface area contributed by atoms with Crippen LogP contribution >= 0.6 is 0 Å². The van der Waals surface area contributed by atoms with Gasteiger partial charge in [-0.2, -0.15) is 0 Å². The van der Waals surface area contributed by atoms with Crippen molar-refractivity contribution < 1.29 is 32.1 Å². The Balaban J connectivity index is 5.39. The largest absolute Gasteiger partial charge is 0.481 e. The Hall–Kier alpha value is -1.10. The zero-order valence-corrected chi connectivity index (χ0v) is 8.11. The summed E-state index contributed by atoms with van der Waals surface area (Å²) in [7, 11) is 0.957. The second kappa shape index (κ2) is 4.95. The maximum atomic E-state index is 10.9.